The molecule has 2 aromatic rings. The summed E-state index contributed by atoms with van der Waals surface area (Å²) in [4.78, 5) is 11.3. The minimum Gasteiger partial charge on any atom is -0.497 e. The van der Waals surface area contributed by atoms with Gasteiger partial charge in [0.25, 0.3) is 0 Å². The predicted octanol–water partition coefficient (Wildman–Crippen LogP) is 3.42. The number of methoxy groups -OCH3 is 1. The third-order valence-corrected chi connectivity index (χ3v) is 3.16. The summed E-state index contributed by atoms with van der Waals surface area (Å²) >= 11 is 5.90. The number of halogens is 1. The number of benzene rings is 2. The van der Waals surface area contributed by atoms with Gasteiger partial charge >= 0.3 is 5.97 Å². The van der Waals surface area contributed by atoms with Gasteiger partial charge in [-0.05, 0) is 42.0 Å². The molecule has 0 unspecified atom stereocenters. The summed E-state index contributed by atoms with van der Waals surface area (Å²) in [5, 5.41) is 9.85. The van der Waals surface area contributed by atoms with Gasteiger partial charge in [0.15, 0.2) is 6.10 Å². The van der Waals surface area contributed by atoms with Gasteiger partial charge < -0.3 is 14.6 Å². The molecule has 1 atom stereocenters. The first-order chi connectivity index (χ1) is 10.1. The van der Waals surface area contributed by atoms with Crippen LogP contribution in [0, 0.1) is 0 Å². The zero-order valence-corrected chi connectivity index (χ0v) is 12.2. The van der Waals surface area contributed by atoms with E-state index in [0.717, 1.165) is 5.56 Å². The number of aliphatic carboxylic acids is 1. The van der Waals surface area contributed by atoms with Gasteiger partial charge in [0.1, 0.15) is 11.5 Å². The average Bonchev–Trinajstić information content (AvgIpc) is 2.47. The summed E-state index contributed by atoms with van der Waals surface area (Å²) in [6.45, 7) is 0. The van der Waals surface area contributed by atoms with Crippen LogP contribution in [0.4, 0.5) is 0 Å². The minimum absolute atomic E-state index is 0.238. The summed E-state index contributed by atoms with van der Waals surface area (Å²) in [5.74, 6) is 0.139. The van der Waals surface area contributed by atoms with Crippen molar-refractivity contribution in [2.45, 2.75) is 12.5 Å². The molecule has 0 aliphatic heterocycles. The van der Waals surface area contributed by atoms with Gasteiger partial charge in [-0.15, -0.1) is 0 Å². The summed E-state index contributed by atoms with van der Waals surface area (Å²) in [6.07, 6.45) is -0.737. The van der Waals surface area contributed by atoms with Crippen LogP contribution in [0.1, 0.15) is 5.56 Å². The Labute approximate surface area is 127 Å². The topological polar surface area (TPSA) is 55.8 Å². The van der Waals surface area contributed by atoms with Crippen LogP contribution in [-0.2, 0) is 11.2 Å². The highest BCUT2D eigenvalue weighted by Crippen LogP contribution is 2.20. The minimum atomic E-state index is -1.02. The number of hydrogen-bond donors (Lipinski definition) is 1. The molecular formula is C16H15ClO4. The SMILES string of the molecule is COc1ccc(O[C@@H](Cc2cccc(Cl)c2)C(=O)O)cc1. The normalized spacial score (nSPS) is 11.7. The Hall–Kier alpha value is -2.20. The molecule has 0 saturated carbocycles. The quantitative estimate of drug-likeness (QED) is 0.888. The molecule has 0 aromatic heterocycles. The van der Waals surface area contributed by atoms with E-state index in [1.54, 1.807) is 49.6 Å². The summed E-state index contributed by atoms with van der Waals surface area (Å²) < 4.78 is 10.6. The Bertz CT molecular complexity index is 610. The lowest BCUT2D eigenvalue weighted by atomic mass is 10.1. The molecule has 0 aliphatic carbocycles. The molecule has 2 aromatic carbocycles. The fourth-order valence-electron chi connectivity index (χ4n) is 1.88. The number of carboxylic acid groups (broad SMARTS) is 1. The maximum atomic E-state index is 11.3. The second-order valence-electron chi connectivity index (χ2n) is 4.45. The first kappa shape index (κ1) is 15.2. The Morgan fingerprint density at radius 3 is 2.43 bits per heavy atom. The Kier molecular flexibility index (Phi) is 5.06. The van der Waals surface area contributed by atoms with E-state index in [4.69, 9.17) is 21.1 Å². The highest BCUT2D eigenvalue weighted by molar-refractivity contribution is 6.30. The van der Waals surface area contributed by atoms with Gasteiger partial charge in [-0.1, -0.05) is 23.7 Å². The van der Waals surface area contributed by atoms with Crippen LogP contribution >= 0.6 is 11.6 Å². The smallest absolute Gasteiger partial charge is 0.345 e. The molecular weight excluding hydrogens is 292 g/mol. The molecule has 0 fully saturated rings. The first-order valence-electron chi connectivity index (χ1n) is 6.36. The van der Waals surface area contributed by atoms with Crippen LogP contribution in [-0.4, -0.2) is 24.3 Å². The third kappa shape index (κ3) is 4.39. The molecule has 1 N–H and O–H groups in total. The van der Waals surface area contributed by atoms with E-state index in [9.17, 15) is 9.90 Å². The van der Waals surface area contributed by atoms with Gasteiger partial charge in [-0.3, -0.25) is 0 Å². The molecule has 0 saturated heterocycles. The number of hydrogen-bond acceptors (Lipinski definition) is 3. The fourth-order valence-corrected chi connectivity index (χ4v) is 2.09. The highest BCUT2D eigenvalue weighted by atomic mass is 35.5. The first-order valence-corrected chi connectivity index (χ1v) is 6.74. The lowest BCUT2D eigenvalue weighted by molar-refractivity contribution is -0.145. The maximum absolute atomic E-state index is 11.3. The standard InChI is InChI=1S/C16H15ClO4/c1-20-13-5-7-14(8-6-13)21-15(16(18)19)10-11-3-2-4-12(17)9-11/h2-9,15H,10H2,1H3,(H,18,19)/t15-/m0/s1. The van der Waals surface area contributed by atoms with Gasteiger partial charge in [-0.25, -0.2) is 4.79 Å². The fraction of sp³-hybridized carbons (Fsp3) is 0.188. The number of rotatable bonds is 6. The van der Waals surface area contributed by atoms with E-state index in [2.05, 4.69) is 0 Å². The number of carboxylic acids is 1. The Balaban J connectivity index is 2.10. The molecule has 5 heteroatoms. The van der Waals surface area contributed by atoms with Crippen LogP contribution in [0.15, 0.2) is 48.5 Å². The van der Waals surface area contributed by atoms with Crippen molar-refractivity contribution in [1.29, 1.82) is 0 Å². The zero-order chi connectivity index (χ0) is 15.2. The van der Waals surface area contributed by atoms with Crippen molar-refractivity contribution in [3.05, 3.63) is 59.1 Å². The van der Waals surface area contributed by atoms with Crippen LogP contribution in [0.5, 0.6) is 11.5 Å². The summed E-state index contributed by atoms with van der Waals surface area (Å²) in [6, 6.07) is 13.9. The Morgan fingerprint density at radius 1 is 1.19 bits per heavy atom. The van der Waals surface area contributed by atoms with Gasteiger partial charge in [0, 0.05) is 11.4 Å². The average molecular weight is 307 g/mol. The Morgan fingerprint density at radius 2 is 1.86 bits per heavy atom. The van der Waals surface area contributed by atoms with Crippen molar-refractivity contribution in [3.63, 3.8) is 0 Å². The largest absolute Gasteiger partial charge is 0.497 e. The maximum Gasteiger partial charge on any atom is 0.345 e. The lowest BCUT2D eigenvalue weighted by Gasteiger charge is -2.15. The van der Waals surface area contributed by atoms with E-state index in [1.165, 1.54) is 0 Å². The van der Waals surface area contributed by atoms with Crippen LogP contribution in [0.2, 0.25) is 5.02 Å². The van der Waals surface area contributed by atoms with Crippen molar-refractivity contribution in [1.82, 2.24) is 0 Å². The van der Waals surface area contributed by atoms with Crippen LogP contribution in [0.25, 0.3) is 0 Å². The zero-order valence-electron chi connectivity index (χ0n) is 11.5. The third-order valence-electron chi connectivity index (χ3n) is 2.92. The number of ether oxygens (including phenoxy) is 2. The molecule has 0 amide bonds. The van der Waals surface area contributed by atoms with Crippen molar-refractivity contribution in [3.8, 4) is 11.5 Å². The molecule has 21 heavy (non-hydrogen) atoms. The molecule has 0 spiro atoms. The van der Waals surface area contributed by atoms with Gasteiger partial charge in [-0.2, -0.15) is 0 Å². The van der Waals surface area contributed by atoms with Crippen molar-refractivity contribution in [2.24, 2.45) is 0 Å². The van der Waals surface area contributed by atoms with Crippen molar-refractivity contribution < 1.29 is 19.4 Å². The molecule has 0 aliphatic rings. The van der Waals surface area contributed by atoms with E-state index in [0.29, 0.717) is 16.5 Å². The van der Waals surface area contributed by atoms with E-state index in [-0.39, 0.29) is 6.42 Å². The van der Waals surface area contributed by atoms with E-state index >= 15 is 0 Å². The molecule has 0 heterocycles. The molecule has 4 nitrogen and oxygen atoms in total. The number of carbonyl (C=O) groups is 1. The van der Waals surface area contributed by atoms with Gasteiger partial charge in [0.05, 0.1) is 7.11 Å². The van der Waals surface area contributed by atoms with Crippen LogP contribution < -0.4 is 9.47 Å². The second-order valence-corrected chi connectivity index (χ2v) is 4.89. The second kappa shape index (κ2) is 6.99. The van der Waals surface area contributed by atoms with Crippen molar-refractivity contribution in [2.75, 3.05) is 7.11 Å². The molecule has 0 bridgehead atoms. The van der Waals surface area contributed by atoms with Gasteiger partial charge in [0.2, 0.25) is 0 Å². The monoisotopic (exact) mass is 306 g/mol. The molecule has 0 radical (unpaired) electrons. The lowest BCUT2D eigenvalue weighted by Crippen LogP contribution is -2.29. The predicted molar refractivity (Wildman–Crippen MR) is 80.2 cm³/mol. The van der Waals surface area contributed by atoms with E-state index in [1.807, 2.05) is 6.07 Å². The summed E-state index contributed by atoms with van der Waals surface area (Å²) in [5.41, 5.74) is 0.809. The van der Waals surface area contributed by atoms with Crippen LogP contribution in [0.3, 0.4) is 0 Å². The highest BCUT2D eigenvalue weighted by Gasteiger charge is 2.20. The molecule has 110 valence electrons. The molecule has 2 rings (SSSR count). The van der Waals surface area contributed by atoms with Crippen molar-refractivity contribution >= 4 is 17.6 Å². The summed E-state index contributed by atoms with van der Waals surface area (Å²) in [7, 11) is 1.56. The van der Waals surface area contributed by atoms with E-state index < -0.39 is 12.1 Å².